The second kappa shape index (κ2) is 7.35. The highest BCUT2D eigenvalue weighted by molar-refractivity contribution is 8.01. The van der Waals surface area contributed by atoms with Crippen LogP contribution >= 0.6 is 23.5 Å². The SMILES string of the molecule is Cc1ccc(C(=O)CSc2ncnc3c2C2CCC(C)CC2S3)cc1C. The third-order valence-electron chi connectivity index (χ3n) is 5.67. The zero-order valence-electron chi connectivity index (χ0n) is 15.5. The fraction of sp³-hybridized carbons (Fsp3) is 0.476. The molecule has 2 aromatic rings. The number of nitrogens with zero attached hydrogens (tertiary/aromatic N) is 2. The average molecular weight is 385 g/mol. The molecule has 1 aliphatic carbocycles. The number of carbonyl (C=O) groups is 1. The van der Waals surface area contributed by atoms with Crippen LogP contribution in [0.5, 0.6) is 0 Å². The topological polar surface area (TPSA) is 42.9 Å². The number of carbonyl (C=O) groups excluding carboxylic acids is 1. The molecule has 1 aromatic heterocycles. The van der Waals surface area contributed by atoms with Gasteiger partial charge < -0.3 is 0 Å². The van der Waals surface area contributed by atoms with Crippen molar-refractivity contribution in [3.63, 3.8) is 0 Å². The van der Waals surface area contributed by atoms with Gasteiger partial charge in [0.25, 0.3) is 0 Å². The van der Waals surface area contributed by atoms with Crippen molar-refractivity contribution in [3.05, 3.63) is 46.8 Å². The summed E-state index contributed by atoms with van der Waals surface area (Å²) in [4.78, 5) is 21.7. The summed E-state index contributed by atoms with van der Waals surface area (Å²) in [6.45, 7) is 6.48. The minimum absolute atomic E-state index is 0.171. The van der Waals surface area contributed by atoms with Gasteiger partial charge in [-0.1, -0.05) is 37.2 Å². The quantitative estimate of drug-likeness (QED) is 0.398. The first kappa shape index (κ1) is 18.1. The number of hydrogen-bond donors (Lipinski definition) is 0. The predicted molar refractivity (Wildman–Crippen MR) is 108 cm³/mol. The van der Waals surface area contributed by atoms with Crippen molar-refractivity contribution in [2.75, 3.05) is 5.75 Å². The Kier molecular flexibility index (Phi) is 5.11. The van der Waals surface area contributed by atoms with Gasteiger partial charge in [-0.15, -0.1) is 11.8 Å². The van der Waals surface area contributed by atoms with Crippen LogP contribution in [0.2, 0.25) is 0 Å². The largest absolute Gasteiger partial charge is 0.293 e. The highest BCUT2D eigenvalue weighted by Gasteiger charge is 2.40. The molecule has 3 unspecified atom stereocenters. The first-order valence-corrected chi connectivity index (χ1v) is 11.1. The second-order valence-electron chi connectivity index (χ2n) is 7.59. The van der Waals surface area contributed by atoms with E-state index in [1.807, 2.05) is 30.0 Å². The monoisotopic (exact) mass is 384 g/mol. The maximum absolute atomic E-state index is 12.6. The Bertz CT molecular complexity index is 852. The molecule has 4 rings (SSSR count). The van der Waals surface area contributed by atoms with Gasteiger partial charge in [-0.05, 0) is 49.8 Å². The molecule has 0 amide bonds. The van der Waals surface area contributed by atoms with Gasteiger partial charge in [-0.25, -0.2) is 9.97 Å². The Hall–Kier alpha value is -1.33. The van der Waals surface area contributed by atoms with E-state index in [-0.39, 0.29) is 5.78 Å². The van der Waals surface area contributed by atoms with Gasteiger partial charge in [0.05, 0.1) is 5.75 Å². The molecule has 1 aliphatic heterocycles. The van der Waals surface area contributed by atoms with Crippen molar-refractivity contribution in [1.82, 2.24) is 9.97 Å². The summed E-state index contributed by atoms with van der Waals surface area (Å²) >= 11 is 3.50. The molecule has 3 nitrogen and oxygen atoms in total. The summed E-state index contributed by atoms with van der Waals surface area (Å²) in [6, 6.07) is 5.96. The summed E-state index contributed by atoms with van der Waals surface area (Å²) in [5.41, 5.74) is 4.49. The lowest BCUT2D eigenvalue weighted by molar-refractivity contribution is 0.102. The minimum Gasteiger partial charge on any atom is -0.293 e. The molecule has 0 N–H and O–H groups in total. The first-order chi connectivity index (χ1) is 12.5. The van der Waals surface area contributed by atoms with Gasteiger partial charge in [-0.3, -0.25) is 4.79 Å². The molecule has 3 atom stereocenters. The molecule has 5 heteroatoms. The molecule has 136 valence electrons. The van der Waals surface area contributed by atoms with Gasteiger partial charge in [0, 0.05) is 22.3 Å². The molecule has 0 radical (unpaired) electrons. The Morgan fingerprint density at radius 3 is 2.88 bits per heavy atom. The van der Waals surface area contributed by atoms with Crippen LogP contribution in [0.25, 0.3) is 0 Å². The van der Waals surface area contributed by atoms with Crippen LogP contribution < -0.4 is 0 Å². The lowest BCUT2D eigenvalue weighted by atomic mass is 9.80. The zero-order valence-corrected chi connectivity index (χ0v) is 17.1. The van der Waals surface area contributed by atoms with Crippen LogP contribution in [0.15, 0.2) is 34.6 Å². The van der Waals surface area contributed by atoms with E-state index in [1.165, 1.54) is 36.0 Å². The van der Waals surface area contributed by atoms with Crippen LogP contribution in [0, 0.1) is 19.8 Å². The van der Waals surface area contributed by atoms with Crippen molar-refractivity contribution >= 4 is 29.3 Å². The average Bonchev–Trinajstić information content (AvgIpc) is 2.99. The molecular weight excluding hydrogens is 360 g/mol. The van der Waals surface area contributed by atoms with Gasteiger partial charge in [0.15, 0.2) is 5.78 Å². The number of rotatable bonds is 4. The van der Waals surface area contributed by atoms with Crippen LogP contribution in [0.4, 0.5) is 0 Å². The lowest BCUT2D eigenvalue weighted by Crippen LogP contribution is -2.21. The van der Waals surface area contributed by atoms with E-state index in [4.69, 9.17) is 0 Å². The van der Waals surface area contributed by atoms with E-state index < -0.39 is 0 Å². The van der Waals surface area contributed by atoms with Gasteiger partial charge >= 0.3 is 0 Å². The molecule has 2 heterocycles. The Morgan fingerprint density at radius 2 is 2.08 bits per heavy atom. The fourth-order valence-electron chi connectivity index (χ4n) is 3.96. The van der Waals surface area contributed by atoms with E-state index in [9.17, 15) is 4.79 Å². The Balaban J connectivity index is 1.51. The molecule has 26 heavy (non-hydrogen) atoms. The number of Topliss-reactive ketones (excluding diaryl/α,β-unsaturated/α-hetero) is 1. The van der Waals surface area contributed by atoms with Crippen molar-refractivity contribution in [2.45, 2.75) is 61.3 Å². The molecular formula is C21H24N2OS2. The molecule has 2 aliphatic rings. The summed E-state index contributed by atoms with van der Waals surface area (Å²) in [6.07, 6.45) is 5.42. The molecule has 1 fully saturated rings. The maximum Gasteiger partial charge on any atom is 0.173 e. The number of hydrogen-bond acceptors (Lipinski definition) is 5. The van der Waals surface area contributed by atoms with Crippen LogP contribution in [0.3, 0.4) is 0 Å². The summed E-state index contributed by atoms with van der Waals surface area (Å²) in [5, 5.41) is 2.80. The Labute approximate surface area is 163 Å². The summed E-state index contributed by atoms with van der Waals surface area (Å²) < 4.78 is 0. The van der Waals surface area contributed by atoms with Gasteiger partial charge in [0.1, 0.15) is 16.4 Å². The normalized spacial score (nSPS) is 24.2. The molecule has 1 saturated carbocycles. The van der Waals surface area contributed by atoms with Crippen LogP contribution in [0.1, 0.15) is 59.2 Å². The fourth-order valence-corrected chi connectivity index (χ4v) is 6.61. The molecule has 0 spiro atoms. The van der Waals surface area contributed by atoms with Gasteiger partial charge in [0.2, 0.25) is 0 Å². The number of thioether (sulfide) groups is 2. The van der Waals surface area contributed by atoms with E-state index >= 15 is 0 Å². The number of ketones is 1. The smallest absolute Gasteiger partial charge is 0.173 e. The first-order valence-electron chi connectivity index (χ1n) is 9.27. The number of aryl methyl sites for hydroxylation is 2. The van der Waals surface area contributed by atoms with Gasteiger partial charge in [-0.2, -0.15) is 0 Å². The van der Waals surface area contributed by atoms with E-state index in [0.717, 1.165) is 21.5 Å². The standard InChI is InChI=1S/C21H24N2OS2/c1-12-4-7-16-18(8-12)26-21-19(16)20(22-11-23-21)25-10-17(24)15-6-5-13(2)14(3)9-15/h5-6,9,11-12,16,18H,4,7-8,10H2,1-3H3. The third kappa shape index (κ3) is 3.44. The predicted octanol–water partition coefficient (Wildman–Crippen LogP) is 5.45. The van der Waals surface area contributed by atoms with E-state index in [2.05, 4.69) is 30.7 Å². The lowest BCUT2D eigenvalue weighted by Gasteiger charge is -2.29. The van der Waals surface area contributed by atoms with Crippen molar-refractivity contribution in [2.24, 2.45) is 5.92 Å². The maximum atomic E-state index is 12.6. The zero-order chi connectivity index (χ0) is 18.3. The number of fused-ring (bicyclic) bond motifs is 3. The summed E-state index contributed by atoms with van der Waals surface area (Å²) in [5.74, 6) is 1.97. The molecule has 0 bridgehead atoms. The second-order valence-corrected chi connectivity index (χ2v) is 9.78. The highest BCUT2D eigenvalue weighted by atomic mass is 32.2. The highest BCUT2D eigenvalue weighted by Crippen LogP contribution is 2.54. The number of benzene rings is 1. The minimum atomic E-state index is 0.171. The van der Waals surface area contributed by atoms with Crippen molar-refractivity contribution in [3.8, 4) is 0 Å². The van der Waals surface area contributed by atoms with Crippen LogP contribution in [-0.4, -0.2) is 26.8 Å². The number of aromatic nitrogens is 2. The van der Waals surface area contributed by atoms with Crippen molar-refractivity contribution in [1.29, 1.82) is 0 Å². The molecule has 0 saturated heterocycles. The Morgan fingerprint density at radius 1 is 1.23 bits per heavy atom. The van der Waals surface area contributed by atoms with Crippen LogP contribution in [-0.2, 0) is 0 Å². The van der Waals surface area contributed by atoms with Crippen molar-refractivity contribution < 1.29 is 4.79 Å². The third-order valence-corrected chi connectivity index (χ3v) is 8.04. The molecule has 1 aromatic carbocycles. The van der Waals surface area contributed by atoms with E-state index in [1.54, 1.807) is 18.1 Å². The van der Waals surface area contributed by atoms with E-state index in [0.29, 0.717) is 16.9 Å². The summed E-state index contributed by atoms with van der Waals surface area (Å²) in [7, 11) is 0.